The predicted octanol–water partition coefficient (Wildman–Crippen LogP) is 1.26. The van der Waals surface area contributed by atoms with Gasteiger partial charge in [-0.05, 0) is 22.3 Å². The van der Waals surface area contributed by atoms with Crippen molar-refractivity contribution < 1.29 is 0 Å². The Morgan fingerprint density at radius 2 is 1.57 bits per heavy atom. The molecule has 0 heterocycles. The monoisotopic (exact) mass is 195 g/mol. The lowest BCUT2D eigenvalue weighted by Crippen LogP contribution is -2.01. The van der Waals surface area contributed by atoms with Crippen LogP contribution in [0.4, 0.5) is 0 Å². The molecule has 0 saturated heterocycles. The van der Waals surface area contributed by atoms with Crippen LogP contribution >= 0.6 is 0 Å². The van der Waals surface area contributed by atoms with Gasteiger partial charge in [0, 0.05) is 16.7 Å². The van der Waals surface area contributed by atoms with Gasteiger partial charge in [0.2, 0.25) is 0 Å². The molecule has 2 aromatic carbocycles. The van der Waals surface area contributed by atoms with Crippen molar-refractivity contribution in [2.45, 2.75) is 0 Å². The minimum Gasteiger partial charge on any atom is -0.0704 e. The van der Waals surface area contributed by atoms with Crippen molar-refractivity contribution in [1.82, 2.24) is 0 Å². The minimum atomic E-state index is 1.13. The van der Waals surface area contributed by atoms with E-state index in [1.807, 2.05) is 0 Å². The summed E-state index contributed by atoms with van der Waals surface area (Å²) in [6, 6.07) is 15.4. The summed E-state index contributed by atoms with van der Waals surface area (Å²) in [5.74, 6) is 0. The van der Waals surface area contributed by atoms with Crippen LogP contribution in [0.5, 0.6) is 0 Å². The van der Waals surface area contributed by atoms with Gasteiger partial charge in [-0.3, -0.25) is 0 Å². The molecule has 0 atom stereocenters. The molecule has 0 aliphatic heterocycles. The first-order valence-corrected chi connectivity index (χ1v) is 5.89. The third-order valence-electron chi connectivity index (χ3n) is 2.77. The van der Waals surface area contributed by atoms with Crippen LogP contribution in [0.3, 0.4) is 0 Å². The summed E-state index contributed by atoms with van der Waals surface area (Å²) >= 11 is 0. The molecule has 2 aromatic rings. The van der Waals surface area contributed by atoms with E-state index in [1.165, 1.54) is 27.4 Å². The maximum absolute atomic E-state index is 2.31. The quantitative estimate of drug-likeness (QED) is 0.474. The van der Waals surface area contributed by atoms with Crippen LogP contribution in [0.15, 0.2) is 42.5 Å². The van der Waals surface area contributed by atoms with E-state index in [-0.39, 0.29) is 0 Å². The van der Waals surface area contributed by atoms with E-state index in [0.29, 0.717) is 0 Å². The summed E-state index contributed by atoms with van der Waals surface area (Å²) in [6.45, 7) is 0. The van der Waals surface area contributed by atoms with E-state index < -0.39 is 0 Å². The molecule has 1 heteroatoms. The van der Waals surface area contributed by atoms with Gasteiger partial charge in [0.05, 0.1) is 0 Å². The van der Waals surface area contributed by atoms with E-state index >= 15 is 0 Å². The number of rotatable bonds is 0. The van der Waals surface area contributed by atoms with Crippen molar-refractivity contribution in [3.8, 4) is 11.1 Å². The van der Waals surface area contributed by atoms with Crippen LogP contribution in [-0.2, 0) is 0 Å². The van der Waals surface area contributed by atoms with Gasteiger partial charge in [0.25, 0.3) is 0 Å². The SMILES string of the molecule is [SiH3]c1ccc2c(c1)[CH]c1ccccc1-2. The van der Waals surface area contributed by atoms with Crippen molar-refractivity contribution in [2.75, 3.05) is 0 Å². The molecule has 1 aliphatic carbocycles. The van der Waals surface area contributed by atoms with Gasteiger partial charge < -0.3 is 0 Å². The van der Waals surface area contributed by atoms with Crippen molar-refractivity contribution in [3.05, 3.63) is 60.0 Å². The van der Waals surface area contributed by atoms with Crippen LogP contribution in [-0.4, -0.2) is 10.2 Å². The molecular weight excluding hydrogens is 184 g/mol. The van der Waals surface area contributed by atoms with Gasteiger partial charge in [0.1, 0.15) is 0 Å². The van der Waals surface area contributed by atoms with E-state index in [2.05, 4.69) is 48.9 Å². The average Bonchev–Trinajstić information content (AvgIpc) is 2.54. The molecule has 0 fully saturated rings. The van der Waals surface area contributed by atoms with Crippen LogP contribution in [0.2, 0.25) is 0 Å². The zero-order chi connectivity index (χ0) is 9.54. The van der Waals surface area contributed by atoms with Crippen LogP contribution in [0.1, 0.15) is 11.1 Å². The highest BCUT2D eigenvalue weighted by molar-refractivity contribution is 6.32. The van der Waals surface area contributed by atoms with Crippen molar-refractivity contribution >= 4 is 15.4 Å². The molecule has 0 unspecified atom stereocenters. The summed E-state index contributed by atoms with van der Waals surface area (Å²) in [5.41, 5.74) is 5.51. The molecule has 0 saturated carbocycles. The van der Waals surface area contributed by atoms with Gasteiger partial charge in [-0.15, -0.1) is 0 Å². The minimum absolute atomic E-state index is 1.13. The van der Waals surface area contributed by atoms with Gasteiger partial charge >= 0.3 is 0 Å². The second-order valence-corrected chi connectivity index (χ2v) is 4.98. The Kier molecular flexibility index (Phi) is 1.61. The maximum Gasteiger partial charge on any atom is 0.0385 e. The number of hydrogen-bond donors (Lipinski definition) is 0. The second kappa shape index (κ2) is 2.82. The van der Waals surface area contributed by atoms with E-state index in [9.17, 15) is 0 Å². The zero-order valence-electron chi connectivity index (χ0n) is 8.12. The molecule has 0 bridgehead atoms. The molecule has 14 heavy (non-hydrogen) atoms. The number of benzene rings is 2. The summed E-state index contributed by atoms with van der Waals surface area (Å²) in [6.07, 6.45) is 2.28. The normalized spacial score (nSPS) is 12.6. The molecule has 0 aromatic heterocycles. The fourth-order valence-electron chi connectivity index (χ4n) is 2.08. The lowest BCUT2D eigenvalue weighted by molar-refractivity contribution is 1.55. The molecular formula is C13H11Si. The summed E-state index contributed by atoms with van der Waals surface area (Å²) in [7, 11) is 1.13. The van der Waals surface area contributed by atoms with Gasteiger partial charge in [-0.25, -0.2) is 0 Å². The van der Waals surface area contributed by atoms with Crippen molar-refractivity contribution in [3.63, 3.8) is 0 Å². The van der Waals surface area contributed by atoms with Gasteiger partial charge in [0.15, 0.2) is 0 Å². The van der Waals surface area contributed by atoms with Crippen molar-refractivity contribution in [2.24, 2.45) is 0 Å². The lowest BCUT2D eigenvalue weighted by Gasteiger charge is -2.00. The Hall–Kier alpha value is -1.34. The largest absolute Gasteiger partial charge is 0.0704 e. The highest BCUT2D eigenvalue weighted by Crippen LogP contribution is 2.36. The molecule has 3 rings (SSSR count). The van der Waals surface area contributed by atoms with Crippen molar-refractivity contribution in [1.29, 1.82) is 0 Å². The van der Waals surface area contributed by atoms with Crippen LogP contribution < -0.4 is 5.19 Å². The Labute approximate surface area is 87.0 Å². The fourth-order valence-corrected chi connectivity index (χ4v) is 2.56. The van der Waals surface area contributed by atoms with Gasteiger partial charge in [-0.1, -0.05) is 47.7 Å². The summed E-state index contributed by atoms with van der Waals surface area (Å²) < 4.78 is 0. The molecule has 1 aliphatic rings. The summed E-state index contributed by atoms with van der Waals surface area (Å²) in [4.78, 5) is 0. The fraction of sp³-hybridized carbons (Fsp3) is 0. The van der Waals surface area contributed by atoms with Crippen LogP contribution in [0, 0.1) is 6.42 Å². The predicted molar refractivity (Wildman–Crippen MR) is 64.0 cm³/mol. The first kappa shape index (κ1) is 8.01. The first-order chi connectivity index (χ1) is 6.84. The smallest absolute Gasteiger partial charge is 0.0385 e. The standard InChI is InChI=1S/C13H11Si/c14-11-5-6-13-10(8-11)7-9-3-1-2-4-12(9)13/h1-8H,14H3. The molecule has 0 amide bonds. The number of fused-ring (bicyclic) bond motifs is 3. The summed E-state index contributed by atoms with van der Waals surface area (Å²) in [5, 5.41) is 1.47. The molecule has 0 N–H and O–H groups in total. The molecule has 67 valence electrons. The second-order valence-electron chi connectivity index (χ2n) is 3.82. The third kappa shape index (κ3) is 1.06. The van der Waals surface area contributed by atoms with Crippen LogP contribution in [0.25, 0.3) is 11.1 Å². The maximum atomic E-state index is 2.31. The average molecular weight is 195 g/mol. The highest BCUT2D eigenvalue weighted by atomic mass is 28.1. The Morgan fingerprint density at radius 3 is 2.50 bits per heavy atom. The topological polar surface area (TPSA) is 0 Å². The Bertz CT molecular complexity index is 500. The third-order valence-corrected chi connectivity index (χ3v) is 3.39. The molecule has 0 spiro atoms. The Morgan fingerprint density at radius 1 is 0.786 bits per heavy atom. The van der Waals surface area contributed by atoms with E-state index in [1.54, 1.807) is 0 Å². The lowest BCUT2D eigenvalue weighted by atomic mass is 10.1. The first-order valence-electron chi connectivity index (χ1n) is 4.89. The zero-order valence-corrected chi connectivity index (χ0v) is 10.1. The Balaban J connectivity index is 2.27. The molecule has 1 radical (unpaired) electrons. The number of hydrogen-bond acceptors (Lipinski definition) is 0. The van der Waals surface area contributed by atoms with Gasteiger partial charge in [-0.2, -0.15) is 0 Å². The highest BCUT2D eigenvalue weighted by Gasteiger charge is 2.17. The van der Waals surface area contributed by atoms with E-state index in [4.69, 9.17) is 0 Å². The molecule has 0 nitrogen and oxygen atoms in total. The van der Waals surface area contributed by atoms with E-state index in [0.717, 1.165) is 10.2 Å².